The van der Waals surface area contributed by atoms with Crippen LogP contribution in [-0.4, -0.2) is 45.2 Å². The minimum absolute atomic E-state index is 0.0448. The largest absolute Gasteiger partial charge is 0.353 e. The minimum atomic E-state index is -0.331. The van der Waals surface area contributed by atoms with Crippen molar-refractivity contribution in [2.24, 2.45) is 5.92 Å². The van der Waals surface area contributed by atoms with Gasteiger partial charge in [0.25, 0.3) is 11.5 Å². The van der Waals surface area contributed by atoms with Gasteiger partial charge in [0.15, 0.2) is 4.96 Å². The molecule has 1 saturated carbocycles. The first-order chi connectivity index (χ1) is 13.5. The van der Waals surface area contributed by atoms with Crippen molar-refractivity contribution < 1.29 is 9.59 Å². The third kappa shape index (κ3) is 3.70. The van der Waals surface area contributed by atoms with Crippen LogP contribution in [0.5, 0.6) is 0 Å². The van der Waals surface area contributed by atoms with Gasteiger partial charge in [-0.15, -0.1) is 11.3 Å². The lowest BCUT2D eigenvalue weighted by molar-refractivity contribution is -0.127. The Morgan fingerprint density at radius 1 is 1.18 bits per heavy atom. The molecule has 4 rings (SSSR count). The summed E-state index contributed by atoms with van der Waals surface area (Å²) in [6, 6.07) is 0.269. The molecule has 2 aromatic rings. The van der Waals surface area contributed by atoms with E-state index in [0.717, 1.165) is 31.4 Å². The molecule has 1 N–H and O–H groups in total. The highest BCUT2D eigenvalue weighted by Gasteiger charge is 2.31. The summed E-state index contributed by atoms with van der Waals surface area (Å²) >= 11 is 1.38. The van der Waals surface area contributed by atoms with Crippen molar-refractivity contribution in [2.45, 2.75) is 57.9 Å². The fourth-order valence-corrected chi connectivity index (χ4v) is 5.11. The molecule has 3 heterocycles. The molecule has 8 heteroatoms. The first-order valence-electron chi connectivity index (χ1n) is 10.1. The van der Waals surface area contributed by atoms with Gasteiger partial charge in [-0.05, 0) is 32.6 Å². The highest BCUT2D eigenvalue weighted by atomic mass is 32.1. The first-order valence-corrected chi connectivity index (χ1v) is 11.0. The van der Waals surface area contributed by atoms with Gasteiger partial charge in [0, 0.05) is 36.4 Å². The molecule has 2 aromatic heterocycles. The second-order valence-corrected chi connectivity index (χ2v) is 8.74. The number of carbonyl (C=O) groups is 2. The molecule has 0 bridgehead atoms. The van der Waals surface area contributed by atoms with Crippen molar-refractivity contribution in [3.8, 4) is 0 Å². The third-order valence-electron chi connectivity index (χ3n) is 5.88. The van der Waals surface area contributed by atoms with Crippen LogP contribution >= 0.6 is 11.3 Å². The van der Waals surface area contributed by atoms with E-state index in [1.165, 1.54) is 41.2 Å². The molecule has 1 atom stereocenters. The summed E-state index contributed by atoms with van der Waals surface area (Å²) in [6.45, 7) is 2.76. The highest BCUT2D eigenvalue weighted by molar-refractivity contribution is 7.15. The Balaban J connectivity index is 1.47. The monoisotopic (exact) mass is 402 g/mol. The average Bonchev–Trinajstić information content (AvgIpc) is 3.10. The Hall–Kier alpha value is -2.22. The number of fused-ring (bicyclic) bond motifs is 1. The van der Waals surface area contributed by atoms with Crippen molar-refractivity contribution in [1.29, 1.82) is 0 Å². The summed E-state index contributed by atoms with van der Waals surface area (Å²) < 4.78 is 1.48. The van der Waals surface area contributed by atoms with Gasteiger partial charge in [-0.25, -0.2) is 4.98 Å². The molecule has 150 valence electrons. The lowest BCUT2D eigenvalue weighted by Crippen LogP contribution is -2.48. The first kappa shape index (κ1) is 19.1. The van der Waals surface area contributed by atoms with Gasteiger partial charge < -0.3 is 10.2 Å². The van der Waals surface area contributed by atoms with Crippen molar-refractivity contribution in [1.82, 2.24) is 19.6 Å². The molecule has 0 radical (unpaired) electrons. The number of aryl methyl sites for hydroxylation is 1. The number of rotatable bonds is 3. The summed E-state index contributed by atoms with van der Waals surface area (Å²) in [6.07, 6.45) is 8.60. The van der Waals surface area contributed by atoms with E-state index in [9.17, 15) is 14.4 Å². The van der Waals surface area contributed by atoms with Gasteiger partial charge in [0.2, 0.25) is 5.91 Å². The average molecular weight is 403 g/mol. The lowest BCUT2D eigenvalue weighted by atomic mass is 9.93. The lowest BCUT2D eigenvalue weighted by Gasteiger charge is -2.33. The number of hydrogen-bond acceptors (Lipinski definition) is 5. The number of piperidine rings is 1. The van der Waals surface area contributed by atoms with Crippen molar-refractivity contribution in [3.05, 3.63) is 33.2 Å². The zero-order chi connectivity index (χ0) is 19.7. The van der Waals surface area contributed by atoms with Crippen LogP contribution in [0.15, 0.2) is 16.4 Å². The van der Waals surface area contributed by atoms with Gasteiger partial charge >= 0.3 is 0 Å². The van der Waals surface area contributed by atoms with Crippen LogP contribution < -0.4 is 10.9 Å². The molecule has 1 aliphatic heterocycles. The predicted octanol–water partition coefficient (Wildman–Crippen LogP) is 2.37. The van der Waals surface area contributed by atoms with Crippen LogP contribution in [0.3, 0.4) is 0 Å². The number of amides is 2. The maximum atomic E-state index is 13.0. The van der Waals surface area contributed by atoms with Gasteiger partial charge in [0.1, 0.15) is 5.56 Å². The number of nitrogens with zero attached hydrogens (tertiary/aromatic N) is 3. The van der Waals surface area contributed by atoms with E-state index in [0.29, 0.717) is 18.1 Å². The summed E-state index contributed by atoms with van der Waals surface area (Å²) in [5.74, 6) is -0.488. The molecule has 1 aliphatic carbocycles. The highest BCUT2D eigenvalue weighted by Crippen LogP contribution is 2.21. The predicted molar refractivity (Wildman–Crippen MR) is 108 cm³/mol. The van der Waals surface area contributed by atoms with E-state index in [-0.39, 0.29) is 34.9 Å². The van der Waals surface area contributed by atoms with Gasteiger partial charge in [-0.2, -0.15) is 0 Å². The van der Waals surface area contributed by atoms with E-state index in [1.54, 1.807) is 4.90 Å². The summed E-state index contributed by atoms with van der Waals surface area (Å²) in [5.41, 5.74) is 0.519. The van der Waals surface area contributed by atoms with Crippen LogP contribution in [0.4, 0.5) is 0 Å². The van der Waals surface area contributed by atoms with Crippen LogP contribution in [0.2, 0.25) is 0 Å². The molecule has 0 aromatic carbocycles. The smallest absolute Gasteiger partial charge is 0.271 e. The van der Waals surface area contributed by atoms with E-state index >= 15 is 0 Å². The van der Waals surface area contributed by atoms with Crippen molar-refractivity contribution in [2.75, 3.05) is 13.1 Å². The minimum Gasteiger partial charge on any atom is -0.353 e. The van der Waals surface area contributed by atoms with E-state index in [1.807, 2.05) is 12.3 Å². The molecule has 28 heavy (non-hydrogen) atoms. The maximum Gasteiger partial charge on any atom is 0.271 e. The van der Waals surface area contributed by atoms with Crippen molar-refractivity contribution >= 4 is 28.1 Å². The standard InChI is InChI=1S/C20H26N4O3S/c1-13-12-28-20-21-10-16(19(27)24(13)20)18(26)23-9-5-6-14(11-23)17(25)22-15-7-3-2-4-8-15/h10,12,14-15H,2-9,11H2,1H3,(H,22,25)/t14-/m1/s1. The Kier molecular flexibility index (Phi) is 5.48. The number of likely N-dealkylation sites (tertiary alicyclic amines) is 1. The van der Waals surface area contributed by atoms with Crippen LogP contribution in [0.25, 0.3) is 4.96 Å². The number of carbonyl (C=O) groups excluding carboxylic acids is 2. The second-order valence-electron chi connectivity index (χ2n) is 7.91. The molecule has 2 fully saturated rings. The second kappa shape index (κ2) is 8.03. The Morgan fingerprint density at radius 2 is 1.96 bits per heavy atom. The topological polar surface area (TPSA) is 83.8 Å². The fraction of sp³-hybridized carbons (Fsp3) is 0.600. The summed E-state index contributed by atoms with van der Waals surface area (Å²) in [5, 5.41) is 5.03. The van der Waals surface area contributed by atoms with E-state index < -0.39 is 0 Å². The molecule has 1 saturated heterocycles. The number of nitrogens with one attached hydrogen (secondary N) is 1. The molecular formula is C20H26N4O3S. The summed E-state index contributed by atoms with van der Waals surface area (Å²) in [4.78, 5) is 45.0. The van der Waals surface area contributed by atoms with Crippen molar-refractivity contribution in [3.63, 3.8) is 0 Å². The molecule has 2 amide bonds. The zero-order valence-electron chi connectivity index (χ0n) is 16.1. The number of aromatic nitrogens is 2. The van der Waals surface area contributed by atoms with Crippen LogP contribution in [0.1, 0.15) is 61.0 Å². The maximum absolute atomic E-state index is 13.0. The molecule has 2 aliphatic rings. The Morgan fingerprint density at radius 3 is 2.75 bits per heavy atom. The molecular weight excluding hydrogens is 376 g/mol. The molecule has 0 spiro atoms. The number of thiazole rings is 1. The van der Waals surface area contributed by atoms with Crippen LogP contribution in [0, 0.1) is 12.8 Å². The normalized spacial score (nSPS) is 21.0. The SMILES string of the molecule is Cc1csc2ncc(C(=O)N3CCC[C@@H](C(=O)NC4CCCCC4)C3)c(=O)n12. The van der Waals surface area contributed by atoms with Gasteiger partial charge in [0.05, 0.1) is 5.92 Å². The van der Waals surface area contributed by atoms with Crippen LogP contribution in [-0.2, 0) is 4.79 Å². The van der Waals surface area contributed by atoms with Gasteiger partial charge in [-0.1, -0.05) is 19.3 Å². The van der Waals surface area contributed by atoms with Gasteiger partial charge in [-0.3, -0.25) is 18.8 Å². The fourth-order valence-electron chi connectivity index (χ4n) is 4.28. The molecule has 7 nitrogen and oxygen atoms in total. The Labute approximate surface area is 167 Å². The van der Waals surface area contributed by atoms with E-state index in [2.05, 4.69) is 10.3 Å². The third-order valence-corrected chi connectivity index (χ3v) is 6.84. The zero-order valence-corrected chi connectivity index (χ0v) is 17.0. The number of hydrogen-bond donors (Lipinski definition) is 1. The molecule has 0 unspecified atom stereocenters. The Bertz CT molecular complexity index is 945. The quantitative estimate of drug-likeness (QED) is 0.854. The summed E-state index contributed by atoms with van der Waals surface area (Å²) in [7, 11) is 0. The van der Waals surface area contributed by atoms with E-state index in [4.69, 9.17) is 0 Å².